The lowest BCUT2D eigenvalue weighted by atomic mass is 10.1. The lowest BCUT2D eigenvalue weighted by Gasteiger charge is -2.19. The average Bonchev–Trinajstić information content (AvgIpc) is 2.71. The van der Waals surface area contributed by atoms with E-state index in [1.807, 2.05) is 0 Å². The van der Waals surface area contributed by atoms with Gasteiger partial charge in [0.2, 0.25) is 0 Å². The van der Waals surface area contributed by atoms with E-state index < -0.39 is 29.8 Å². The highest BCUT2D eigenvalue weighted by molar-refractivity contribution is 6.04. The number of nitrogens with one attached hydrogen (secondary N) is 1. The third-order valence-corrected chi connectivity index (χ3v) is 3.87. The summed E-state index contributed by atoms with van der Waals surface area (Å²) in [6, 6.07) is 9.72. The minimum atomic E-state index is -1.02. The monoisotopic (exact) mass is 389 g/mol. The molecule has 28 heavy (non-hydrogen) atoms. The molecule has 0 saturated heterocycles. The highest BCUT2D eigenvalue weighted by Crippen LogP contribution is 2.22. The second-order valence-electron chi connectivity index (χ2n) is 5.68. The minimum absolute atomic E-state index is 0.0456. The number of ether oxygens (including phenoxy) is 3. The number of halogens is 1. The summed E-state index contributed by atoms with van der Waals surface area (Å²) in [4.78, 5) is 36.4. The number of hydrogen-bond donors (Lipinski definition) is 1. The Morgan fingerprint density at radius 1 is 1.04 bits per heavy atom. The van der Waals surface area contributed by atoms with E-state index >= 15 is 0 Å². The number of amides is 1. The molecule has 0 bridgehead atoms. The van der Waals surface area contributed by atoms with Crippen molar-refractivity contribution in [1.29, 1.82) is 0 Å². The van der Waals surface area contributed by atoms with E-state index in [9.17, 15) is 18.8 Å². The van der Waals surface area contributed by atoms with Gasteiger partial charge in [0.15, 0.2) is 17.7 Å². The van der Waals surface area contributed by atoms with E-state index in [0.29, 0.717) is 0 Å². The third kappa shape index (κ3) is 4.85. The molecule has 0 aliphatic carbocycles. The maximum Gasteiger partial charge on any atom is 0.339 e. The van der Waals surface area contributed by atoms with Gasteiger partial charge < -0.3 is 19.5 Å². The predicted octanol–water partition coefficient (Wildman–Crippen LogP) is 3.20. The fourth-order valence-electron chi connectivity index (χ4n) is 2.41. The Hall–Kier alpha value is -3.42. The zero-order chi connectivity index (χ0) is 20.7. The first-order valence-corrected chi connectivity index (χ1v) is 8.44. The number of para-hydroxylation sites is 1. The quantitative estimate of drug-likeness (QED) is 0.732. The number of benzene rings is 2. The van der Waals surface area contributed by atoms with E-state index in [1.54, 1.807) is 13.0 Å². The average molecular weight is 389 g/mol. The summed E-state index contributed by atoms with van der Waals surface area (Å²) < 4.78 is 28.6. The molecule has 0 aliphatic rings. The van der Waals surface area contributed by atoms with Crippen LogP contribution in [0.2, 0.25) is 0 Å². The molecule has 1 atom stereocenters. The van der Waals surface area contributed by atoms with Crippen molar-refractivity contribution in [2.75, 3.05) is 19.5 Å². The van der Waals surface area contributed by atoms with E-state index in [1.165, 1.54) is 50.6 Å². The molecule has 148 valence electrons. The van der Waals surface area contributed by atoms with Crippen LogP contribution in [-0.2, 0) is 14.3 Å². The molecule has 1 N–H and O–H groups in total. The van der Waals surface area contributed by atoms with Gasteiger partial charge in [0.05, 0.1) is 31.0 Å². The first-order chi connectivity index (χ1) is 13.4. The van der Waals surface area contributed by atoms with Crippen molar-refractivity contribution < 1.29 is 33.0 Å². The Morgan fingerprint density at radius 3 is 2.32 bits per heavy atom. The second-order valence-corrected chi connectivity index (χ2v) is 5.68. The zero-order valence-electron chi connectivity index (χ0n) is 15.7. The molecule has 0 spiro atoms. The minimum Gasteiger partial charge on any atom is -0.478 e. The molecule has 8 heteroatoms. The van der Waals surface area contributed by atoms with Crippen molar-refractivity contribution in [2.45, 2.75) is 19.4 Å². The number of methoxy groups -OCH3 is 2. The van der Waals surface area contributed by atoms with Crippen LogP contribution in [0.3, 0.4) is 0 Å². The fourth-order valence-corrected chi connectivity index (χ4v) is 2.41. The van der Waals surface area contributed by atoms with Gasteiger partial charge >= 0.3 is 11.9 Å². The Morgan fingerprint density at radius 2 is 1.71 bits per heavy atom. The highest BCUT2D eigenvalue weighted by atomic mass is 19.1. The van der Waals surface area contributed by atoms with Crippen LogP contribution in [0.15, 0.2) is 42.5 Å². The van der Waals surface area contributed by atoms with Crippen LogP contribution in [0.1, 0.15) is 34.1 Å². The number of carbonyl (C=O) groups is 3. The molecular formula is C20H20FNO6. The molecule has 0 aromatic heterocycles. The van der Waals surface area contributed by atoms with Crippen LogP contribution in [0.25, 0.3) is 0 Å². The molecule has 7 nitrogen and oxygen atoms in total. The van der Waals surface area contributed by atoms with Crippen LogP contribution in [0.4, 0.5) is 10.1 Å². The lowest BCUT2D eigenvalue weighted by molar-refractivity contribution is -0.122. The zero-order valence-corrected chi connectivity index (χ0v) is 15.7. The predicted molar refractivity (Wildman–Crippen MR) is 98.9 cm³/mol. The van der Waals surface area contributed by atoms with Gasteiger partial charge in [0.25, 0.3) is 5.91 Å². The number of esters is 2. The summed E-state index contributed by atoms with van der Waals surface area (Å²) in [6.45, 7) is 1.69. The Balaban J connectivity index is 2.30. The van der Waals surface area contributed by atoms with Crippen LogP contribution < -0.4 is 10.1 Å². The molecule has 0 heterocycles. The molecule has 0 unspecified atom stereocenters. The topological polar surface area (TPSA) is 90.9 Å². The normalized spacial score (nSPS) is 11.3. The van der Waals surface area contributed by atoms with Gasteiger partial charge in [-0.05, 0) is 36.8 Å². The van der Waals surface area contributed by atoms with Gasteiger partial charge in [-0.15, -0.1) is 0 Å². The summed E-state index contributed by atoms with van der Waals surface area (Å²) >= 11 is 0. The number of rotatable bonds is 7. The molecule has 0 fully saturated rings. The summed E-state index contributed by atoms with van der Waals surface area (Å²) in [5.74, 6) is -2.62. The Labute approximate surface area is 161 Å². The standard InChI is InChI=1S/C20H20FNO6/c1-4-16(28-17-8-6-5-7-14(17)21)18(23)22-15-11-12(19(24)26-2)9-10-13(15)20(25)27-3/h5-11,16H,4H2,1-3H3,(H,22,23)/t16-/m0/s1. The third-order valence-electron chi connectivity index (χ3n) is 3.87. The summed E-state index contributed by atoms with van der Waals surface area (Å²) in [5.41, 5.74) is 0.230. The van der Waals surface area contributed by atoms with Gasteiger partial charge in [-0.25, -0.2) is 14.0 Å². The van der Waals surface area contributed by atoms with Gasteiger partial charge in [-0.2, -0.15) is 0 Å². The number of carbonyl (C=O) groups excluding carboxylic acids is 3. The maximum absolute atomic E-state index is 13.8. The molecule has 2 aromatic rings. The summed E-state index contributed by atoms with van der Waals surface area (Å²) in [6.07, 6.45) is -0.783. The van der Waals surface area contributed by atoms with Crippen molar-refractivity contribution in [1.82, 2.24) is 0 Å². The van der Waals surface area contributed by atoms with E-state index in [2.05, 4.69) is 10.1 Å². The van der Waals surface area contributed by atoms with Crippen LogP contribution in [-0.4, -0.2) is 38.2 Å². The SMILES string of the molecule is CC[C@H](Oc1ccccc1F)C(=O)Nc1cc(C(=O)OC)ccc1C(=O)OC. The second kappa shape index (κ2) is 9.50. The van der Waals surface area contributed by atoms with Gasteiger partial charge in [0, 0.05) is 0 Å². The van der Waals surface area contributed by atoms with Crippen molar-refractivity contribution in [3.8, 4) is 5.75 Å². The van der Waals surface area contributed by atoms with Crippen molar-refractivity contribution in [2.24, 2.45) is 0 Å². The number of anilines is 1. The Bertz CT molecular complexity index is 883. The lowest BCUT2D eigenvalue weighted by Crippen LogP contribution is -2.33. The van der Waals surface area contributed by atoms with Gasteiger partial charge in [0.1, 0.15) is 0 Å². The first-order valence-electron chi connectivity index (χ1n) is 8.44. The van der Waals surface area contributed by atoms with Crippen LogP contribution in [0.5, 0.6) is 5.75 Å². The molecule has 2 aromatic carbocycles. The number of hydrogen-bond acceptors (Lipinski definition) is 6. The van der Waals surface area contributed by atoms with E-state index in [0.717, 1.165) is 0 Å². The summed E-state index contributed by atoms with van der Waals surface area (Å²) in [5, 5.41) is 2.54. The van der Waals surface area contributed by atoms with Crippen molar-refractivity contribution in [3.05, 3.63) is 59.4 Å². The van der Waals surface area contributed by atoms with Crippen molar-refractivity contribution >= 4 is 23.5 Å². The Kier molecular flexibility index (Phi) is 7.08. The molecule has 0 radical (unpaired) electrons. The van der Waals surface area contributed by atoms with E-state index in [-0.39, 0.29) is 29.0 Å². The van der Waals surface area contributed by atoms with Gasteiger partial charge in [-0.3, -0.25) is 4.79 Å². The van der Waals surface area contributed by atoms with Crippen LogP contribution in [0, 0.1) is 5.82 Å². The largest absolute Gasteiger partial charge is 0.478 e. The molecule has 0 aliphatic heterocycles. The molecule has 0 saturated carbocycles. The first kappa shape index (κ1) is 20.9. The molecule has 2 rings (SSSR count). The smallest absolute Gasteiger partial charge is 0.339 e. The van der Waals surface area contributed by atoms with Crippen LogP contribution >= 0.6 is 0 Å². The summed E-state index contributed by atoms with van der Waals surface area (Å²) in [7, 11) is 2.41. The highest BCUT2D eigenvalue weighted by Gasteiger charge is 2.23. The molecular weight excluding hydrogens is 369 g/mol. The van der Waals surface area contributed by atoms with Gasteiger partial charge in [-0.1, -0.05) is 19.1 Å². The fraction of sp³-hybridized carbons (Fsp3) is 0.250. The maximum atomic E-state index is 13.8. The van der Waals surface area contributed by atoms with Crippen molar-refractivity contribution in [3.63, 3.8) is 0 Å². The van der Waals surface area contributed by atoms with E-state index in [4.69, 9.17) is 9.47 Å². The molecule has 1 amide bonds.